The molecule has 0 saturated carbocycles. The van der Waals surface area contributed by atoms with E-state index in [2.05, 4.69) is 10.6 Å². The first kappa shape index (κ1) is 15.3. The number of hydrogen-bond acceptors (Lipinski definition) is 4. The van der Waals surface area contributed by atoms with E-state index in [1.54, 1.807) is 36.4 Å². The normalized spacial score (nSPS) is 17.8. The molecule has 23 heavy (non-hydrogen) atoms. The standard InChI is InChI=1S/C17H19N3O3/c1-12-11-18-7-8-20(12)17(22)13-4-2-5-14(10-13)19-16(21)15-6-3-9-23-15/h2-6,9-10,12,18H,7-8,11H2,1H3,(H,19,21). The van der Waals surface area contributed by atoms with Gasteiger partial charge in [-0.15, -0.1) is 0 Å². The lowest BCUT2D eigenvalue weighted by atomic mass is 10.1. The molecule has 0 bridgehead atoms. The molecule has 120 valence electrons. The highest BCUT2D eigenvalue weighted by molar-refractivity contribution is 6.03. The first-order chi connectivity index (χ1) is 11.1. The Morgan fingerprint density at radius 3 is 2.91 bits per heavy atom. The SMILES string of the molecule is CC1CNCCN1C(=O)c1cccc(NC(=O)c2ccco2)c1. The number of benzene rings is 1. The van der Waals surface area contributed by atoms with Gasteiger partial charge in [0.1, 0.15) is 0 Å². The molecule has 1 aliphatic rings. The molecule has 0 spiro atoms. The van der Waals surface area contributed by atoms with Gasteiger partial charge in [-0.25, -0.2) is 0 Å². The molecule has 1 fully saturated rings. The second-order valence-electron chi connectivity index (χ2n) is 5.56. The third kappa shape index (κ3) is 3.43. The summed E-state index contributed by atoms with van der Waals surface area (Å²) in [6.45, 7) is 4.29. The summed E-state index contributed by atoms with van der Waals surface area (Å²) in [7, 11) is 0. The van der Waals surface area contributed by atoms with Crippen molar-refractivity contribution in [2.45, 2.75) is 13.0 Å². The van der Waals surface area contributed by atoms with Crippen molar-refractivity contribution in [2.75, 3.05) is 25.0 Å². The van der Waals surface area contributed by atoms with E-state index in [0.717, 1.165) is 13.1 Å². The lowest BCUT2D eigenvalue weighted by Crippen LogP contribution is -2.52. The van der Waals surface area contributed by atoms with Crippen LogP contribution in [0.15, 0.2) is 47.1 Å². The van der Waals surface area contributed by atoms with Gasteiger partial charge in [-0.2, -0.15) is 0 Å². The third-order valence-corrected chi connectivity index (χ3v) is 3.87. The molecular weight excluding hydrogens is 294 g/mol. The minimum Gasteiger partial charge on any atom is -0.459 e. The van der Waals surface area contributed by atoms with Crippen molar-refractivity contribution in [2.24, 2.45) is 0 Å². The zero-order chi connectivity index (χ0) is 16.2. The molecule has 2 heterocycles. The second kappa shape index (κ2) is 6.66. The van der Waals surface area contributed by atoms with Crippen LogP contribution < -0.4 is 10.6 Å². The summed E-state index contributed by atoms with van der Waals surface area (Å²) in [6.07, 6.45) is 1.45. The maximum atomic E-state index is 12.6. The number of rotatable bonds is 3. The minimum atomic E-state index is -0.338. The van der Waals surface area contributed by atoms with Crippen LogP contribution in [0.5, 0.6) is 0 Å². The number of carbonyl (C=O) groups excluding carboxylic acids is 2. The number of carbonyl (C=O) groups is 2. The summed E-state index contributed by atoms with van der Waals surface area (Å²) in [5.74, 6) is -0.124. The van der Waals surface area contributed by atoms with Crippen molar-refractivity contribution < 1.29 is 14.0 Å². The van der Waals surface area contributed by atoms with Gasteiger partial charge in [0, 0.05) is 36.9 Å². The molecule has 2 aromatic rings. The number of anilines is 1. The second-order valence-corrected chi connectivity index (χ2v) is 5.56. The van der Waals surface area contributed by atoms with Gasteiger partial charge in [0.15, 0.2) is 5.76 Å². The Labute approximate surface area is 134 Å². The molecule has 1 saturated heterocycles. The topological polar surface area (TPSA) is 74.6 Å². The molecular formula is C17H19N3O3. The number of hydrogen-bond donors (Lipinski definition) is 2. The molecule has 6 heteroatoms. The van der Waals surface area contributed by atoms with Crippen LogP contribution in [0, 0.1) is 0 Å². The van der Waals surface area contributed by atoms with Crippen LogP contribution >= 0.6 is 0 Å². The lowest BCUT2D eigenvalue weighted by molar-refractivity contribution is 0.0655. The lowest BCUT2D eigenvalue weighted by Gasteiger charge is -2.34. The molecule has 0 aliphatic carbocycles. The molecule has 0 radical (unpaired) electrons. The summed E-state index contributed by atoms with van der Waals surface area (Å²) in [5.41, 5.74) is 1.14. The molecule has 2 N–H and O–H groups in total. The first-order valence-corrected chi connectivity index (χ1v) is 7.62. The zero-order valence-electron chi connectivity index (χ0n) is 12.9. The van der Waals surface area contributed by atoms with E-state index in [1.807, 2.05) is 11.8 Å². The number of nitrogens with zero attached hydrogens (tertiary/aromatic N) is 1. The van der Waals surface area contributed by atoms with Gasteiger partial charge >= 0.3 is 0 Å². The molecule has 3 rings (SSSR count). The van der Waals surface area contributed by atoms with Crippen molar-refractivity contribution in [1.29, 1.82) is 0 Å². The van der Waals surface area contributed by atoms with Crippen LogP contribution in [0.2, 0.25) is 0 Å². The van der Waals surface area contributed by atoms with Crippen molar-refractivity contribution in [3.8, 4) is 0 Å². The van der Waals surface area contributed by atoms with E-state index in [9.17, 15) is 9.59 Å². The fourth-order valence-corrected chi connectivity index (χ4v) is 2.64. The predicted octanol–water partition coefficient (Wildman–Crippen LogP) is 1.97. The van der Waals surface area contributed by atoms with Gasteiger partial charge in [0.25, 0.3) is 11.8 Å². The van der Waals surface area contributed by atoms with Crippen LogP contribution in [0.1, 0.15) is 27.8 Å². The Hall–Kier alpha value is -2.60. The highest BCUT2D eigenvalue weighted by Gasteiger charge is 2.24. The van der Waals surface area contributed by atoms with Crippen LogP contribution in [-0.4, -0.2) is 42.4 Å². The summed E-state index contributed by atoms with van der Waals surface area (Å²) < 4.78 is 5.06. The Balaban J connectivity index is 1.74. The minimum absolute atomic E-state index is 0.0203. The van der Waals surface area contributed by atoms with Crippen molar-refractivity contribution in [3.63, 3.8) is 0 Å². The quantitative estimate of drug-likeness (QED) is 0.908. The maximum absolute atomic E-state index is 12.6. The van der Waals surface area contributed by atoms with E-state index >= 15 is 0 Å². The molecule has 1 aromatic heterocycles. The number of amides is 2. The van der Waals surface area contributed by atoms with Gasteiger partial charge in [-0.05, 0) is 37.3 Å². The molecule has 1 aliphatic heterocycles. The Bertz CT molecular complexity index is 697. The van der Waals surface area contributed by atoms with E-state index in [-0.39, 0.29) is 23.6 Å². The molecule has 1 aromatic carbocycles. The largest absolute Gasteiger partial charge is 0.459 e. The first-order valence-electron chi connectivity index (χ1n) is 7.62. The Morgan fingerprint density at radius 1 is 1.30 bits per heavy atom. The zero-order valence-corrected chi connectivity index (χ0v) is 12.9. The van der Waals surface area contributed by atoms with Gasteiger partial charge < -0.3 is 20.0 Å². The van der Waals surface area contributed by atoms with Crippen molar-refractivity contribution in [1.82, 2.24) is 10.2 Å². The highest BCUT2D eigenvalue weighted by Crippen LogP contribution is 2.16. The van der Waals surface area contributed by atoms with Crippen LogP contribution in [0.3, 0.4) is 0 Å². The van der Waals surface area contributed by atoms with Gasteiger partial charge in [0.05, 0.1) is 6.26 Å². The van der Waals surface area contributed by atoms with Gasteiger partial charge in [0.2, 0.25) is 0 Å². The average Bonchev–Trinajstić information content (AvgIpc) is 3.09. The molecule has 1 atom stereocenters. The third-order valence-electron chi connectivity index (χ3n) is 3.87. The molecule has 2 amide bonds. The van der Waals surface area contributed by atoms with E-state index in [1.165, 1.54) is 6.26 Å². The van der Waals surface area contributed by atoms with E-state index in [0.29, 0.717) is 17.8 Å². The highest BCUT2D eigenvalue weighted by atomic mass is 16.3. The summed E-state index contributed by atoms with van der Waals surface area (Å²) in [5, 5.41) is 6.00. The fraction of sp³-hybridized carbons (Fsp3) is 0.294. The van der Waals surface area contributed by atoms with Crippen LogP contribution in [0.25, 0.3) is 0 Å². The summed E-state index contributed by atoms with van der Waals surface area (Å²) in [6, 6.07) is 10.4. The summed E-state index contributed by atoms with van der Waals surface area (Å²) >= 11 is 0. The monoisotopic (exact) mass is 313 g/mol. The number of nitrogens with one attached hydrogen (secondary N) is 2. The number of furan rings is 1. The van der Waals surface area contributed by atoms with Crippen molar-refractivity contribution in [3.05, 3.63) is 54.0 Å². The van der Waals surface area contributed by atoms with Crippen molar-refractivity contribution >= 4 is 17.5 Å². The summed E-state index contributed by atoms with van der Waals surface area (Å²) in [4.78, 5) is 26.5. The average molecular weight is 313 g/mol. The maximum Gasteiger partial charge on any atom is 0.291 e. The predicted molar refractivity (Wildman–Crippen MR) is 86.5 cm³/mol. The molecule has 6 nitrogen and oxygen atoms in total. The van der Waals surface area contributed by atoms with Crippen LogP contribution in [-0.2, 0) is 0 Å². The van der Waals surface area contributed by atoms with Crippen LogP contribution in [0.4, 0.5) is 5.69 Å². The van der Waals surface area contributed by atoms with Gasteiger partial charge in [-0.1, -0.05) is 6.07 Å². The Morgan fingerprint density at radius 2 is 2.17 bits per heavy atom. The van der Waals surface area contributed by atoms with E-state index in [4.69, 9.17) is 4.42 Å². The van der Waals surface area contributed by atoms with E-state index < -0.39 is 0 Å². The molecule has 1 unspecified atom stereocenters. The Kier molecular flexibility index (Phi) is 4.43. The van der Waals surface area contributed by atoms with Gasteiger partial charge in [-0.3, -0.25) is 9.59 Å². The fourth-order valence-electron chi connectivity index (χ4n) is 2.64. The number of piperazine rings is 1. The smallest absolute Gasteiger partial charge is 0.291 e.